The van der Waals surface area contributed by atoms with Gasteiger partial charge >= 0.3 is 6.18 Å². The van der Waals surface area contributed by atoms with E-state index in [0.717, 1.165) is 29.9 Å². The van der Waals surface area contributed by atoms with Gasteiger partial charge in [0.25, 0.3) is 0 Å². The second-order valence-electron chi connectivity index (χ2n) is 7.66. The first-order valence-corrected chi connectivity index (χ1v) is 11.0. The van der Waals surface area contributed by atoms with Crippen molar-refractivity contribution in [3.8, 4) is 0 Å². The minimum atomic E-state index is -4.62. The highest BCUT2D eigenvalue weighted by atomic mass is 32.2. The van der Waals surface area contributed by atoms with Crippen molar-refractivity contribution in [1.29, 1.82) is 0 Å². The van der Waals surface area contributed by atoms with E-state index in [0.29, 0.717) is 43.2 Å². The third-order valence-corrected chi connectivity index (χ3v) is 7.59. The summed E-state index contributed by atoms with van der Waals surface area (Å²) in [5.74, 6) is 0.759. The minimum absolute atomic E-state index is 0.0619. The molecule has 1 aromatic heterocycles. The van der Waals surface area contributed by atoms with E-state index >= 15 is 0 Å². The minimum Gasteiger partial charge on any atom is -0.459 e. The summed E-state index contributed by atoms with van der Waals surface area (Å²) in [6.45, 7) is 1.80. The van der Waals surface area contributed by atoms with Crippen molar-refractivity contribution in [3.63, 3.8) is 0 Å². The van der Waals surface area contributed by atoms with Crippen molar-refractivity contribution < 1.29 is 30.7 Å². The number of benzene rings is 2. The molecule has 1 spiro atoms. The Labute approximate surface area is 170 Å². The number of rotatable bonds is 2. The van der Waals surface area contributed by atoms with Crippen LogP contribution in [0.3, 0.4) is 0 Å². The fraction of sp³-hybridized carbons (Fsp3) is 0.333. The largest absolute Gasteiger partial charge is 0.459 e. The van der Waals surface area contributed by atoms with E-state index in [1.54, 1.807) is 6.07 Å². The predicted molar refractivity (Wildman–Crippen MR) is 102 cm³/mol. The quantitative estimate of drug-likeness (QED) is 0.655. The summed E-state index contributed by atoms with van der Waals surface area (Å²) >= 11 is 0. The molecule has 158 valence electrons. The van der Waals surface area contributed by atoms with Gasteiger partial charge in [-0.15, -0.1) is 0 Å². The van der Waals surface area contributed by atoms with Crippen molar-refractivity contribution in [3.05, 3.63) is 59.4 Å². The molecule has 1 saturated heterocycles. The number of halogens is 3. The van der Waals surface area contributed by atoms with Gasteiger partial charge in [0.15, 0.2) is 0 Å². The lowest BCUT2D eigenvalue weighted by molar-refractivity contribution is -0.137. The van der Waals surface area contributed by atoms with Crippen molar-refractivity contribution in [2.75, 3.05) is 19.8 Å². The van der Waals surface area contributed by atoms with Crippen LogP contribution >= 0.6 is 0 Å². The Morgan fingerprint density at radius 1 is 1.07 bits per heavy atom. The van der Waals surface area contributed by atoms with Crippen LogP contribution in [0.1, 0.15) is 23.3 Å². The molecule has 0 amide bonds. The first kappa shape index (κ1) is 19.6. The smallest absolute Gasteiger partial charge is 0.416 e. The molecule has 1 N–H and O–H groups in total. The summed E-state index contributed by atoms with van der Waals surface area (Å²) in [5, 5.41) is 4.13. The molecule has 0 saturated carbocycles. The lowest BCUT2D eigenvalue weighted by atomic mass is 9.87. The monoisotopic (exact) mass is 437 g/mol. The van der Waals surface area contributed by atoms with Crippen LogP contribution in [0.4, 0.5) is 13.2 Å². The van der Waals surface area contributed by atoms with Gasteiger partial charge in [0.1, 0.15) is 16.9 Å². The molecule has 5 rings (SSSR count). The average Bonchev–Trinajstić information content (AvgIpc) is 3.33. The van der Waals surface area contributed by atoms with Crippen LogP contribution in [0.15, 0.2) is 56.7 Å². The molecule has 0 radical (unpaired) electrons. The van der Waals surface area contributed by atoms with Gasteiger partial charge < -0.3 is 14.5 Å². The molecule has 5 nitrogen and oxygen atoms in total. The third kappa shape index (κ3) is 2.95. The summed E-state index contributed by atoms with van der Waals surface area (Å²) in [7, 11) is -4.13. The normalized spacial score (nSPS) is 22.0. The Morgan fingerprint density at radius 3 is 2.60 bits per heavy atom. The van der Waals surface area contributed by atoms with Gasteiger partial charge in [-0.2, -0.15) is 13.2 Å². The van der Waals surface area contributed by atoms with Crippen molar-refractivity contribution in [1.82, 2.24) is 5.32 Å². The summed E-state index contributed by atoms with van der Waals surface area (Å²) in [6, 6.07) is 8.24. The maximum Gasteiger partial charge on any atom is 0.416 e. The Hall–Kier alpha value is -2.36. The predicted octanol–water partition coefficient (Wildman–Crippen LogP) is 4.05. The number of hydrogen-bond acceptors (Lipinski definition) is 5. The number of fused-ring (bicyclic) bond motifs is 4. The van der Waals surface area contributed by atoms with Crippen molar-refractivity contribution >= 4 is 20.8 Å². The third-order valence-electron chi connectivity index (χ3n) is 5.84. The average molecular weight is 437 g/mol. The summed E-state index contributed by atoms with van der Waals surface area (Å²) < 4.78 is 76.9. The fourth-order valence-corrected chi connectivity index (χ4v) is 5.63. The highest BCUT2D eigenvalue weighted by Gasteiger charge is 2.44. The molecule has 0 aliphatic carbocycles. The maximum absolute atomic E-state index is 13.1. The van der Waals surface area contributed by atoms with Crippen LogP contribution in [0.2, 0.25) is 0 Å². The Balaban J connectivity index is 1.62. The van der Waals surface area contributed by atoms with Gasteiger partial charge in [0, 0.05) is 24.1 Å². The molecule has 2 aliphatic rings. The standard InChI is InChI=1S/C21H18F3NO4S/c22-21(23,24)13-2-1-3-14(10-13)30(26,27)15-4-5-18-17(11-15)16-6-8-25-20(19(16)29-18)7-9-28-12-20/h1-5,10-11,25H,6-9,12H2. The van der Waals surface area contributed by atoms with Gasteiger partial charge in [-0.3, -0.25) is 0 Å². The van der Waals surface area contributed by atoms with Crippen LogP contribution in [0.5, 0.6) is 0 Å². The van der Waals surface area contributed by atoms with E-state index in [1.807, 2.05) is 0 Å². The Bertz CT molecular complexity index is 1240. The summed E-state index contributed by atoms with van der Waals surface area (Å²) in [5.41, 5.74) is 0.0695. The number of nitrogens with one attached hydrogen (secondary N) is 1. The first-order valence-electron chi connectivity index (χ1n) is 9.52. The summed E-state index contributed by atoms with van der Waals surface area (Å²) in [6.07, 6.45) is -3.20. The van der Waals surface area contributed by atoms with E-state index in [-0.39, 0.29) is 4.90 Å². The van der Waals surface area contributed by atoms with Gasteiger partial charge in [-0.1, -0.05) is 6.07 Å². The highest BCUT2D eigenvalue weighted by Crippen LogP contribution is 2.41. The van der Waals surface area contributed by atoms with Crippen LogP contribution in [-0.4, -0.2) is 28.2 Å². The molecule has 1 atom stereocenters. The molecular weight excluding hydrogens is 419 g/mol. The van der Waals surface area contributed by atoms with E-state index in [9.17, 15) is 21.6 Å². The number of hydrogen-bond donors (Lipinski definition) is 1. The van der Waals surface area contributed by atoms with Gasteiger partial charge in [0.05, 0.1) is 22.0 Å². The van der Waals surface area contributed by atoms with Crippen LogP contribution in [-0.2, 0) is 32.7 Å². The van der Waals surface area contributed by atoms with Gasteiger partial charge in [-0.05, 0) is 49.2 Å². The zero-order valence-electron chi connectivity index (χ0n) is 15.8. The molecule has 1 fully saturated rings. The Kier molecular flexibility index (Phi) is 4.29. The molecule has 3 aromatic rings. The molecule has 3 heterocycles. The van der Waals surface area contributed by atoms with E-state index < -0.39 is 32.0 Å². The number of furan rings is 1. The summed E-state index contributed by atoms with van der Waals surface area (Å²) in [4.78, 5) is -0.454. The zero-order chi connectivity index (χ0) is 21.1. The molecule has 1 unspecified atom stereocenters. The number of sulfone groups is 1. The Morgan fingerprint density at radius 2 is 1.87 bits per heavy atom. The van der Waals surface area contributed by atoms with Crippen molar-refractivity contribution in [2.45, 2.75) is 34.3 Å². The van der Waals surface area contributed by atoms with E-state index in [1.165, 1.54) is 18.2 Å². The first-order chi connectivity index (χ1) is 14.2. The van der Waals surface area contributed by atoms with Crippen LogP contribution in [0, 0.1) is 0 Å². The van der Waals surface area contributed by atoms with Gasteiger partial charge in [-0.25, -0.2) is 8.42 Å². The van der Waals surface area contributed by atoms with Crippen LogP contribution in [0.25, 0.3) is 11.0 Å². The molecular formula is C21H18F3NO4S. The molecule has 2 aromatic carbocycles. The molecule has 9 heteroatoms. The highest BCUT2D eigenvalue weighted by molar-refractivity contribution is 7.91. The second-order valence-corrected chi connectivity index (χ2v) is 9.61. The van der Waals surface area contributed by atoms with Gasteiger partial charge in [0.2, 0.25) is 9.84 Å². The lowest BCUT2D eigenvalue weighted by Gasteiger charge is -2.31. The fourth-order valence-electron chi connectivity index (χ4n) is 4.30. The number of alkyl halides is 3. The SMILES string of the molecule is O=S(=O)(c1cccc(C(F)(F)F)c1)c1ccc2oc3c(c2c1)CCNC31CCOC1. The van der Waals surface area contributed by atoms with Crippen LogP contribution < -0.4 is 5.32 Å². The molecule has 0 bridgehead atoms. The van der Waals surface area contributed by atoms with E-state index in [4.69, 9.17) is 9.15 Å². The molecule has 2 aliphatic heterocycles. The zero-order valence-corrected chi connectivity index (χ0v) is 16.6. The van der Waals surface area contributed by atoms with Crippen molar-refractivity contribution in [2.24, 2.45) is 0 Å². The second kappa shape index (κ2) is 6.57. The topological polar surface area (TPSA) is 68.5 Å². The number of ether oxygens (including phenoxy) is 1. The van der Waals surface area contributed by atoms with E-state index in [2.05, 4.69) is 5.32 Å². The maximum atomic E-state index is 13.1. The lowest BCUT2D eigenvalue weighted by Crippen LogP contribution is -2.47. The molecule has 30 heavy (non-hydrogen) atoms.